The van der Waals surface area contributed by atoms with Crippen LogP contribution < -0.4 is 5.56 Å². The number of hydrogen-bond acceptors (Lipinski definition) is 2. The first-order chi connectivity index (χ1) is 9.40. The highest BCUT2D eigenvalue weighted by Crippen LogP contribution is 2.16. The number of nitrogens with zero attached hydrogens (tertiary/aromatic N) is 1. The topological polar surface area (TPSA) is 39.1 Å². The number of benzene rings is 1. The van der Waals surface area contributed by atoms with Crippen LogP contribution in [0, 0.1) is 27.7 Å². The SMILES string of the molecule is Cc1cc(C)c(C(=O)Cn2cccc(C)c2=O)cc1C. The molecule has 0 aliphatic rings. The van der Waals surface area contributed by atoms with Crippen molar-refractivity contribution in [1.82, 2.24) is 4.57 Å². The van der Waals surface area contributed by atoms with Crippen molar-refractivity contribution in [3.8, 4) is 0 Å². The minimum atomic E-state index is -0.109. The summed E-state index contributed by atoms with van der Waals surface area (Å²) in [6.45, 7) is 7.79. The molecule has 0 fully saturated rings. The zero-order valence-electron chi connectivity index (χ0n) is 12.4. The van der Waals surface area contributed by atoms with Crippen molar-refractivity contribution in [3.63, 3.8) is 0 Å². The summed E-state index contributed by atoms with van der Waals surface area (Å²) < 4.78 is 1.46. The molecule has 104 valence electrons. The van der Waals surface area contributed by atoms with Gasteiger partial charge in [0.15, 0.2) is 5.78 Å². The Bertz CT molecular complexity index is 726. The first kappa shape index (κ1) is 14.3. The summed E-state index contributed by atoms with van der Waals surface area (Å²) in [4.78, 5) is 24.4. The Labute approximate surface area is 118 Å². The number of aryl methyl sites for hydroxylation is 4. The summed E-state index contributed by atoms with van der Waals surface area (Å²) >= 11 is 0. The number of carbonyl (C=O) groups excluding carboxylic acids is 1. The average molecular weight is 269 g/mol. The summed E-state index contributed by atoms with van der Waals surface area (Å²) in [6, 6.07) is 7.47. The van der Waals surface area contributed by atoms with Crippen LogP contribution in [0.25, 0.3) is 0 Å². The zero-order chi connectivity index (χ0) is 14.9. The predicted octanol–water partition coefficient (Wildman–Crippen LogP) is 2.96. The molecule has 1 aromatic carbocycles. The number of hydrogen-bond donors (Lipinski definition) is 0. The van der Waals surface area contributed by atoms with Gasteiger partial charge in [0, 0.05) is 17.3 Å². The van der Waals surface area contributed by atoms with E-state index < -0.39 is 0 Å². The molecule has 0 atom stereocenters. The Kier molecular flexibility index (Phi) is 3.89. The highest BCUT2D eigenvalue weighted by molar-refractivity contribution is 5.97. The molecule has 1 heterocycles. The molecule has 0 saturated heterocycles. The quantitative estimate of drug-likeness (QED) is 0.804. The van der Waals surface area contributed by atoms with E-state index in [-0.39, 0.29) is 17.9 Å². The molecule has 3 heteroatoms. The molecular formula is C17H19NO2. The molecule has 20 heavy (non-hydrogen) atoms. The number of rotatable bonds is 3. The first-order valence-corrected chi connectivity index (χ1v) is 6.67. The molecular weight excluding hydrogens is 250 g/mol. The van der Waals surface area contributed by atoms with Gasteiger partial charge in [-0.05, 0) is 56.5 Å². The molecule has 0 saturated carbocycles. The lowest BCUT2D eigenvalue weighted by Gasteiger charge is -2.10. The van der Waals surface area contributed by atoms with Gasteiger partial charge in [0.1, 0.15) is 0 Å². The largest absolute Gasteiger partial charge is 0.308 e. The second kappa shape index (κ2) is 5.45. The van der Waals surface area contributed by atoms with Crippen LogP contribution in [0.5, 0.6) is 0 Å². The fourth-order valence-electron chi connectivity index (χ4n) is 2.28. The van der Waals surface area contributed by atoms with Gasteiger partial charge < -0.3 is 4.57 Å². The summed E-state index contributed by atoms with van der Waals surface area (Å²) in [5.74, 6) is -0.0294. The van der Waals surface area contributed by atoms with Crippen LogP contribution in [-0.4, -0.2) is 10.4 Å². The van der Waals surface area contributed by atoms with Crippen LogP contribution in [0.3, 0.4) is 0 Å². The van der Waals surface area contributed by atoms with Gasteiger partial charge in [0.05, 0.1) is 6.54 Å². The third-order valence-corrected chi connectivity index (χ3v) is 3.67. The average Bonchev–Trinajstić information content (AvgIpc) is 2.39. The molecule has 0 bridgehead atoms. The maximum Gasteiger partial charge on any atom is 0.253 e. The van der Waals surface area contributed by atoms with Crippen molar-refractivity contribution in [3.05, 3.63) is 68.6 Å². The van der Waals surface area contributed by atoms with Gasteiger partial charge in [-0.1, -0.05) is 12.1 Å². The van der Waals surface area contributed by atoms with Crippen molar-refractivity contribution < 1.29 is 4.79 Å². The molecule has 0 N–H and O–H groups in total. The van der Waals surface area contributed by atoms with Crippen molar-refractivity contribution in [1.29, 1.82) is 0 Å². The Hall–Kier alpha value is -2.16. The fourth-order valence-corrected chi connectivity index (χ4v) is 2.28. The van der Waals surface area contributed by atoms with E-state index in [2.05, 4.69) is 0 Å². The van der Waals surface area contributed by atoms with Crippen LogP contribution in [-0.2, 0) is 6.54 Å². The van der Waals surface area contributed by atoms with Gasteiger partial charge in [-0.2, -0.15) is 0 Å². The molecule has 0 radical (unpaired) electrons. The minimum Gasteiger partial charge on any atom is -0.308 e. The number of carbonyl (C=O) groups is 1. The molecule has 0 spiro atoms. The smallest absolute Gasteiger partial charge is 0.253 e. The summed E-state index contributed by atoms with van der Waals surface area (Å²) in [6.07, 6.45) is 1.66. The van der Waals surface area contributed by atoms with Gasteiger partial charge in [-0.25, -0.2) is 0 Å². The van der Waals surface area contributed by atoms with Gasteiger partial charge in [-0.3, -0.25) is 9.59 Å². The molecule has 3 nitrogen and oxygen atoms in total. The minimum absolute atomic E-state index is 0.0294. The second-order valence-electron chi connectivity index (χ2n) is 5.30. The lowest BCUT2D eigenvalue weighted by Crippen LogP contribution is -2.25. The molecule has 0 aliphatic heterocycles. The second-order valence-corrected chi connectivity index (χ2v) is 5.30. The van der Waals surface area contributed by atoms with E-state index in [1.54, 1.807) is 25.3 Å². The van der Waals surface area contributed by atoms with Crippen LogP contribution in [0.2, 0.25) is 0 Å². The highest BCUT2D eigenvalue weighted by atomic mass is 16.1. The maximum absolute atomic E-state index is 12.4. The normalized spacial score (nSPS) is 10.6. The number of pyridine rings is 1. The Morgan fingerprint density at radius 3 is 2.35 bits per heavy atom. The molecule has 2 aromatic rings. The Morgan fingerprint density at radius 1 is 1.00 bits per heavy atom. The van der Waals surface area contributed by atoms with Crippen molar-refractivity contribution in [2.24, 2.45) is 0 Å². The third kappa shape index (κ3) is 2.72. The number of aromatic nitrogens is 1. The summed E-state index contributed by atoms with van der Waals surface area (Å²) in [5.41, 5.74) is 4.46. The molecule has 0 aliphatic carbocycles. The summed E-state index contributed by atoms with van der Waals surface area (Å²) in [7, 11) is 0. The maximum atomic E-state index is 12.4. The van der Waals surface area contributed by atoms with Gasteiger partial charge in [0.25, 0.3) is 5.56 Å². The highest BCUT2D eigenvalue weighted by Gasteiger charge is 2.12. The van der Waals surface area contributed by atoms with Gasteiger partial charge in [0.2, 0.25) is 0 Å². The van der Waals surface area contributed by atoms with Crippen LogP contribution in [0.15, 0.2) is 35.3 Å². The van der Waals surface area contributed by atoms with E-state index in [1.165, 1.54) is 10.1 Å². The lowest BCUT2D eigenvalue weighted by molar-refractivity contribution is 0.0970. The van der Waals surface area contributed by atoms with Crippen LogP contribution >= 0.6 is 0 Å². The fraction of sp³-hybridized carbons (Fsp3) is 0.294. The third-order valence-electron chi connectivity index (χ3n) is 3.67. The molecule has 2 rings (SSSR count). The lowest BCUT2D eigenvalue weighted by atomic mass is 9.98. The van der Waals surface area contributed by atoms with Gasteiger partial charge >= 0.3 is 0 Å². The number of Topliss-reactive ketones (excluding diaryl/α,β-unsaturated/α-hetero) is 1. The van der Waals surface area contributed by atoms with Crippen LogP contribution in [0.1, 0.15) is 32.6 Å². The van der Waals surface area contributed by atoms with E-state index in [9.17, 15) is 9.59 Å². The Morgan fingerprint density at radius 2 is 1.65 bits per heavy atom. The van der Waals surface area contributed by atoms with Crippen molar-refractivity contribution >= 4 is 5.78 Å². The van der Waals surface area contributed by atoms with E-state index in [0.29, 0.717) is 11.1 Å². The van der Waals surface area contributed by atoms with Crippen molar-refractivity contribution in [2.75, 3.05) is 0 Å². The van der Waals surface area contributed by atoms with E-state index in [1.807, 2.05) is 32.9 Å². The molecule has 0 unspecified atom stereocenters. The van der Waals surface area contributed by atoms with Gasteiger partial charge in [-0.15, -0.1) is 0 Å². The molecule has 1 aromatic heterocycles. The van der Waals surface area contributed by atoms with Crippen molar-refractivity contribution in [2.45, 2.75) is 34.2 Å². The standard InChI is InChI=1S/C17H19NO2/c1-11-6-5-7-18(17(11)20)10-16(19)15-9-13(3)12(2)8-14(15)4/h5-9H,10H2,1-4H3. The molecule has 0 amide bonds. The van der Waals surface area contributed by atoms with Crippen LogP contribution in [0.4, 0.5) is 0 Å². The first-order valence-electron chi connectivity index (χ1n) is 6.67. The predicted molar refractivity (Wildman–Crippen MR) is 80.4 cm³/mol. The number of ketones is 1. The van der Waals surface area contributed by atoms with E-state index in [0.717, 1.165) is 11.1 Å². The monoisotopic (exact) mass is 269 g/mol. The summed E-state index contributed by atoms with van der Waals surface area (Å²) in [5, 5.41) is 0. The van der Waals surface area contributed by atoms with E-state index in [4.69, 9.17) is 0 Å². The zero-order valence-corrected chi connectivity index (χ0v) is 12.4. The van der Waals surface area contributed by atoms with E-state index >= 15 is 0 Å². The Balaban J connectivity index is 2.36.